The summed E-state index contributed by atoms with van der Waals surface area (Å²) >= 11 is 0.622. The highest BCUT2D eigenvalue weighted by molar-refractivity contribution is 7.99. The van der Waals surface area contributed by atoms with Crippen molar-refractivity contribution in [3.8, 4) is 6.07 Å². The lowest BCUT2D eigenvalue weighted by molar-refractivity contribution is -0.146. The molecule has 1 aromatic heterocycles. The minimum absolute atomic E-state index is 0.0291. The van der Waals surface area contributed by atoms with Crippen molar-refractivity contribution in [1.29, 1.82) is 5.26 Å². The highest BCUT2D eigenvalue weighted by atomic mass is 32.2. The molecule has 2 rings (SSSR count). The molecule has 0 spiro atoms. The highest BCUT2D eigenvalue weighted by Crippen LogP contribution is 2.29. The van der Waals surface area contributed by atoms with Crippen LogP contribution in [0.2, 0.25) is 0 Å². The number of benzene rings is 1. The summed E-state index contributed by atoms with van der Waals surface area (Å²) in [6, 6.07) is 7.33. The molecule has 0 aliphatic heterocycles. The number of nitriles is 1. The minimum Gasteiger partial charge on any atom is -0.335 e. The number of para-hydroxylation sites is 1. The number of nitrogens with two attached hydrogens (primary N) is 1. The zero-order chi connectivity index (χ0) is 19.3. The molecule has 0 radical (unpaired) electrons. The van der Waals surface area contributed by atoms with Gasteiger partial charge in [0.2, 0.25) is 11.1 Å². The number of carbonyl (C=O) groups excluding carboxylic acids is 1. The largest absolute Gasteiger partial charge is 0.453 e. The number of nitrogens with zero attached hydrogens (tertiary/aromatic N) is 5. The van der Waals surface area contributed by atoms with Crippen LogP contribution >= 0.6 is 11.8 Å². The van der Waals surface area contributed by atoms with Gasteiger partial charge in [0.15, 0.2) is 0 Å². The predicted octanol–water partition coefficient (Wildman–Crippen LogP) is 2.19. The molecule has 12 heteroatoms. The van der Waals surface area contributed by atoms with Crippen molar-refractivity contribution >= 4 is 23.4 Å². The van der Waals surface area contributed by atoms with Crippen LogP contribution in [0.1, 0.15) is 12.2 Å². The van der Waals surface area contributed by atoms with Crippen molar-refractivity contribution in [2.75, 3.05) is 23.0 Å². The molecule has 0 saturated heterocycles. The lowest BCUT2D eigenvalue weighted by atomic mass is 10.2. The van der Waals surface area contributed by atoms with Crippen molar-refractivity contribution in [1.82, 2.24) is 14.9 Å². The van der Waals surface area contributed by atoms with Crippen molar-refractivity contribution in [2.45, 2.75) is 17.8 Å². The third-order valence-electron chi connectivity index (χ3n) is 3.13. The van der Waals surface area contributed by atoms with Crippen LogP contribution in [0, 0.1) is 17.1 Å². The van der Waals surface area contributed by atoms with Crippen LogP contribution < -0.4 is 10.7 Å². The molecular weight excluding hydrogens is 376 g/mol. The van der Waals surface area contributed by atoms with E-state index in [1.807, 2.05) is 6.07 Å². The maximum atomic E-state index is 13.9. The summed E-state index contributed by atoms with van der Waals surface area (Å²) in [7, 11) is 0. The molecule has 1 aromatic carbocycles. The van der Waals surface area contributed by atoms with Gasteiger partial charge in [0.25, 0.3) is 5.82 Å². The maximum absolute atomic E-state index is 13.9. The number of alkyl halides is 3. The zero-order valence-electron chi connectivity index (χ0n) is 13.1. The third-order valence-corrected chi connectivity index (χ3v) is 4.06. The molecule has 2 N–H and O–H groups in total. The second kappa shape index (κ2) is 8.05. The number of anilines is 1. The monoisotopic (exact) mass is 388 g/mol. The van der Waals surface area contributed by atoms with Gasteiger partial charge in [0.05, 0.1) is 23.9 Å². The van der Waals surface area contributed by atoms with E-state index in [0.717, 1.165) is 11.0 Å². The van der Waals surface area contributed by atoms with E-state index in [1.165, 1.54) is 18.2 Å². The van der Waals surface area contributed by atoms with E-state index in [9.17, 15) is 22.4 Å². The van der Waals surface area contributed by atoms with Gasteiger partial charge in [-0.1, -0.05) is 23.9 Å². The van der Waals surface area contributed by atoms with Crippen molar-refractivity contribution < 1.29 is 22.4 Å². The number of amides is 1. The van der Waals surface area contributed by atoms with Crippen LogP contribution in [0.5, 0.6) is 0 Å². The first-order chi connectivity index (χ1) is 12.3. The molecule has 0 unspecified atom stereocenters. The van der Waals surface area contributed by atoms with Crippen molar-refractivity contribution in [3.63, 3.8) is 0 Å². The molecule has 0 fully saturated rings. The Kier molecular flexibility index (Phi) is 6.04. The van der Waals surface area contributed by atoms with E-state index in [2.05, 4.69) is 10.2 Å². The summed E-state index contributed by atoms with van der Waals surface area (Å²) in [6.07, 6.45) is -4.83. The van der Waals surface area contributed by atoms with Gasteiger partial charge in [0.1, 0.15) is 5.82 Å². The number of hydrogen-bond donors (Lipinski definition) is 1. The molecule has 0 bridgehead atoms. The lowest BCUT2D eigenvalue weighted by Gasteiger charge is -2.22. The lowest BCUT2D eigenvalue weighted by Crippen LogP contribution is -2.34. The third kappa shape index (κ3) is 4.42. The molecular formula is C14H12F4N6OS. The van der Waals surface area contributed by atoms with Crippen LogP contribution in [0.3, 0.4) is 0 Å². The molecule has 2 aromatic rings. The van der Waals surface area contributed by atoms with E-state index in [-0.39, 0.29) is 34.2 Å². The van der Waals surface area contributed by atoms with Gasteiger partial charge in [-0.25, -0.2) is 9.07 Å². The maximum Gasteiger partial charge on any atom is 0.453 e. The first-order valence-corrected chi connectivity index (χ1v) is 8.06. The molecule has 1 heterocycles. The normalized spacial score (nSPS) is 11.2. The van der Waals surface area contributed by atoms with Gasteiger partial charge < -0.3 is 10.7 Å². The van der Waals surface area contributed by atoms with Gasteiger partial charge in [-0.15, -0.1) is 10.2 Å². The Hall–Kier alpha value is -2.81. The average Bonchev–Trinajstić information content (AvgIpc) is 2.95. The molecule has 0 aliphatic carbocycles. The van der Waals surface area contributed by atoms with E-state index < -0.39 is 23.7 Å². The topological polar surface area (TPSA) is 101 Å². The predicted molar refractivity (Wildman–Crippen MR) is 84.9 cm³/mol. The van der Waals surface area contributed by atoms with Crippen LogP contribution in [-0.4, -0.2) is 33.1 Å². The van der Waals surface area contributed by atoms with Crippen molar-refractivity contribution in [2.24, 2.45) is 0 Å². The fourth-order valence-electron chi connectivity index (χ4n) is 1.98. The Labute approximate surface area is 149 Å². The number of rotatable bonds is 6. The van der Waals surface area contributed by atoms with Gasteiger partial charge in [-0.3, -0.25) is 4.79 Å². The van der Waals surface area contributed by atoms with Crippen LogP contribution in [0.4, 0.5) is 23.2 Å². The summed E-state index contributed by atoms with van der Waals surface area (Å²) in [5, 5.41) is 14.6. The summed E-state index contributed by atoms with van der Waals surface area (Å²) in [4.78, 5) is 13.4. The fourth-order valence-corrected chi connectivity index (χ4v) is 2.72. The smallest absolute Gasteiger partial charge is 0.335 e. The van der Waals surface area contributed by atoms with E-state index in [1.54, 1.807) is 0 Å². The number of halogens is 4. The highest BCUT2D eigenvalue weighted by Gasteiger charge is 2.38. The van der Waals surface area contributed by atoms with Crippen LogP contribution in [0.25, 0.3) is 0 Å². The second-order valence-electron chi connectivity index (χ2n) is 4.87. The van der Waals surface area contributed by atoms with E-state index in [4.69, 9.17) is 11.1 Å². The zero-order valence-corrected chi connectivity index (χ0v) is 13.9. The number of aromatic nitrogens is 3. The Morgan fingerprint density at radius 1 is 1.35 bits per heavy atom. The Morgan fingerprint density at radius 2 is 2.04 bits per heavy atom. The number of nitrogen functional groups attached to an aromatic ring is 1. The molecule has 0 saturated carbocycles. The fraction of sp³-hybridized carbons (Fsp3) is 0.286. The van der Waals surface area contributed by atoms with Gasteiger partial charge in [0, 0.05) is 6.54 Å². The summed E-state index contributed by atoms with van der Waals surface area (Å²) < 4.78 is 52.1. The molecule has 138 valence electrons. The number of carbonyl (C=O) groups is 1. The average molecular weight is 388 g/mol. The van der Waals surface area contributed by atoms with Crippen molar-refractivity contribution in [3.05, 3.63) is 35.9 Å². The Balaban J connectivity index is 2.15. The summed E-state index contributed by atoms with van der Waals surface area (Å²) in [6.45, 7) is -0.0695. The Morgan fingerprint density at radius 3 is 2.62 bits per heavy atom. The minimum atomic E-state index is -4.78. The number of thioether (sulfide) groups is 1. The molecule has 26 heavy (non-hydrogen) atoms. The first kappa shape index (κ1) is 19.5. The molecule has 0 atom stereocenters. The molecule has 0 aliphatic rings. The standard InChI is InChI=1S/C14H12F4N6OS/c15-9-4-1-2-5-10(9)23(7-3-6-19)11(25)8-26-13-22-21-12(24(13)20)14(16,17)18/h1-2,4-5H,3,7-8,20H2. The van der Waals surface area contributed by atoms with E-state index in [0.29, 0.717) is 11.8 Å². The number of hydrogen-bond acceptors (Lipinski definition) is 6. The van der Waals surface area contributed by atoms with E-state index >= 15 is 0 Å². The first-order valence-electron chi connectivity index (χ1n) is 7.08. The second-order valence-corrected chi connectivity index (χ2v) is 5.81. The summed E-state index contributed by atoms with van der Waals surface area (Å²) in [5.74, 6) is 2.24. The Bertz CT molecular complexity index is 832. The quantitative estimate of drug-likeness (QED) is 0.463. The molecule has 1 amide bonds. The summed E-state index contributed by atoms with van der Waals surface area (Å²) in [5.41, 5.74) is -0.0291. The molecule has 7 nitrogen and oxygen atoms in total. The van der Waals surface area contributed by atoms with Gasteiger partial charge in [-0.2, -0.15) is 18.4 Å². The van der Waals surface area contributed by atoms with Crippen LogP contribution in [-0.2, 0) is 11.0 Å². The SMILES string of the molecule is N#CCCN(C(=O)CSc1nnc(C(F)(F)F)n1N)c1ccccc1F. The van der Waals surface area contributed by atoms with Gasteiger partial charge in [-0.05, 0) is 12.1 Å². The van der Waals surface area contributed by atoms with Gasteiger partial charge >= 0.3 is 6.18 Å². The van der Waals surface area contributed by atoms with Crippen LogP contribution in [0.15, 0.2) is 29.4 Å².